The molecule has 0 unspecified atom stereocenters. The lowest BCUT2D eigenvalue weighted by Crippen LogP contribution is -2.06. The molecule has 0 aliphatic carbocycles. The molecule has 24 heavy (non-hydrogen) atoms. The molecule has 0 bridgehead atoms. The van der Waals surface area contributed by atoms with Gasteiger partial charge in [-0.15, -0.1) is 5.10 Å². The highest BCUT2D eigenvalue weighted by Gasteiger charge is 2.02. The lowest BCUT2D eigenvalue weighted by molar-refractivity contribution is 1.25. The van der Waals surface area contributed by atoms with Gasteiger partial charge in [-0.05, 0) is 28.8 Å². The van der Waals surface area contributed by atoms with E-state index in [2.05, 4.69) is 53.5 Å². The Labute approximate surface area is 146 Å². The minimum atomic E-state index is 0.466. The summed E-state index contributed by atoms with van der Waals surface area (Å²) in [4.78, 5) is 0. The van der Waals surface area contributed by atoms with Gasteiger partial charge >= 0.3 is 0 Å². The van der Waals surface area contributed by atoms with Crippen LogP contribution in [0, 0.1) is 6.92 Å². The number of hydrogen-bond acceptors (Lipinski definition) is 3. The summed E-state index contributed by atoms with van der Waals surface area (Å²) in [5, 5.41) is 11.1. The predicted molar refractivity (Wildman–Crippen MR) is 106 cm³/mol. The van der Waals surface area contributed by atoms with E-state index in [9.17, 15) is 0 Å². The fourth-order valence-electron chi connectivity index (χ4n) is 2.48. The third kappa shape index (κ3) is 4.03. The van der Waals surface area contributed by atoms with Gasteiger partial charge in [0, 0.05) is 11.3 Å². The number of hydrogen-bond donors (Lipinski definition) is 1. The van der Waals surface area contributed by atoms with Crippen molar-refractivity contribution < 1.29 is 0 Å². The van der Waals surface area contributed by atoms with Crippen LogP contribution in [0.1, 0.15) is 16.7 Å². The maximum Gasteiger partial charge on any atom is 0.180 e. The highest BCUT2D eigenvalue weighted by molar-refractivity contribution is 8.13. The van der Waals surface area contributed by atoms with Crippen molar-refractivity contribution in [3.05, 3.63) is 83.4 Å². The van der Waals surface area contributed by atoms with Crippen LogP contribution in [0.3, 0.4) is 0 Å². The summed E-state index contributed by atoms with van der Waals surface area (Å²) in [5.41, 5.74) is 9.40. The fourth-order valence-corrected chi connectivity index (χ4v) is 3.09. The van der Waals surface area contributed by atoms with E-state index in [1.54, 1.807) is 6.21 Å². The van der Waals surface area contributed by atoms with Gasteiger partial charge in [-0.3, -0.25) is 0 Å². The van der Waals surface area contributed by atoms with Crippen LogP contribution < -0.4 is 5.73 Å². The zero-order valence-corrected chi connectivity index (χ0v) is 14.3. The zero-order valence-electron chi connectivity index (χ0n) is 13.5. The Morgan fingerprint density at radius 2 is 1.75 bits per heavy atom. The molecular formula is C20H19N3S. The summed E-state index contributed by atoms with van der Waals surface area (Å²) in [6, 6.07) is 22.7. The van der Waals surface area contributed by atoms with Crippen molar-refractivity contribution >= 4 is 33.9 Å². The SMILES string of the molecule is Cc1ccc2ccccc2c1C=NN=C(N)SCc1ccccc1. The highest BCUT2D eigenvalue weighted by atomic mass is 32.2. The van der Waals surface area contributed by atoms with Crippen LogP contribution in [-0.4, -0.2) is 11.4 Å². The molecule has 120 valence electrons. The van der Waals surface area contributed by atoms with E-state index in [1.807, 2.05) is 30.3 Å². The van der Waals surface area contributed by atoms with Gasteiger partial charge in [0.1, 0.15) is 0 Å². The minimum absolute atomic E-state index is 0.466. The number of aryl methyl sites for hydroxylation is 1. The molecule has 0 spiro atoms. The summed E-state index contributed by atoms with van der Waals surface area (Å²) in [5.74, 6) is 0.791. The van der Waals surface area contributed by atoms with Crippen LogP contribution in [0.15, 0.2) is 76.9 Å². The Hall–Kier alpha value is -2.59. The van der Waals surface area contributed by atoms with E-state index < -0.39 is 0 Å². The largest absolute Gasteiger partial charge is 0.377 e. The molecule has 0 aliphatic rings. The van der Waals surface area contributed by atoms with E-state index in [0.29, 0.717) is 5.17 Å². The van der Waals surface area contributed by atoms with Gasteiger partial charge in [0.15, 0.2) is 5.17 Å². The first-order valence-corrected chi connectivity index (χ1v) is 8.74. The second-order valence-corrected chi connectivity index (χ2v) is 6.47. The summed E-state index contributed by atoms with van der Waals surface area (Å²) in [7, 11) is 0. The van der Waals surface area contributed by atoms with Crippen LogP contribution >= 0.6 is 11.8 Å². The van der Waals surface area contributed by atoms with E-state index in [1.165, 1.54) is 33.7 Å². The quantitative estimate of drug-likeness (QED) is 0.426. The van der Waals surface area contributed by atoms with Gasteiger partial charge in [-0.2, -0.15) is 5.10 Å². The van der Waals surface area contributed by atoms with Crippen molar-refractivity contribution in [3.63, 3.8) is 0 Å². The first kappa shape index (κ1) is 16.3. The molecule has 0 saturated heterocycles. The second-order valence-electron chi connectivity index (χ2n) is 5.47. The Bertz CT molecular complexity index is 886. The molecule has 3 aromatic rings. The third-order valence-electron chi connectivity index (χ3n) is 3.76. The van der Waals surface area contributed by atoms with Crippen LogP contribution in [0.2, 0.25) is 0 Å². The average molecular weight is 333 g/mol. The first-order chi connectivity index (χ1) is 11.7. The van der Waals surface area contributed by atoms with Crippen molar-refractivity contribution in [1.82, 2.24) is 0 Å². The molecule has 2 N–H and O–H groups in total. The normalized spacial score (nSPS) is 12.1. The van der Waals surface area contributed by atoms with Crippen molar-refractivity contribution in [2.24, 2.45) is 15.9 Å². The first-order valence-electron chi connectivity index (χ1n) is 7.75. The van der Waals surface area contributed by atoms with E-state index in [-0.39, 0.29) is 0 Å². The molecular weight excluding hydrogens is 314 g/mol. The fraction of sp³-hybridized carbons (Fsp3) is 0.100. The number of thioether (sulfide) groups is 1. The molecule has 0 aromatic heterocycles. The Morgan fingerprint density at radius 1 is 1.00 bits per heavy atom. The number of nitrogens with two attached hydrogens (primary N) is 1. The number of amidine groups is 1. The van der Waals surface area contributed by atoms with Crippen molar-refractivity contribution in [3.8, 4) is 0 Å². The van der Waals surface area contributed by atoms with Gasteiger partial charge < -0.3 is 5.73 Å². The Kier molecular flexibility index (Phi) is 5.29. The maximum absolute atomic E-state index is 5.94. The number of fused-ring (bicyclic) bond motifs is 1. The molecule has 0 atom stereocenters. The second kappa shape index (κ2) is 7.79. The van der Waals surface area contributed by atoms with E-state index >= 15 is 0 Å². The smallest absolute Gasteiger partial charge is 0.180 e. The van der Waals surface area contributed by atoms with Gasteiger partial charge in [0.25, 0.3) is 0 Å². The minimum Gasteiger partial charge on any atom is -0.377 e. The monoisotopic (exact) mass is 333 g/mol. The van der Waals surface area contributed by atoms with Gasteiger partial charge in [0.05, 0.1) is 6.21 Å². The highest BCUT2D eigenvalue weighted by Crippen LogP contribution is 2.20. The molecule has 3 nitrogen and oxygen atoms in total. The molecule has 0 fully saturated rings. The summed E-state index contributed by atoms with van der Waals surface area (Å²) in [6.45, 7) is 2.07. The third-order valence-corrected chi connectivity index (χ3v) is 4.62. The molecule has 3 aromatic carbocycles. The molecule has 4 heteroatoms. The Morgan fingerprint density at radius 3 is 2.58 bits per heavy atom. The van der Waals surface area contributed by atoms with E-state index in [0.717, 1.165) is 11.3 Å². The standard InChI is InChI=1S/C20H19N3S/c1-15-11-12-17-9-5-6-10-18(17)19(15)13-22-23-20(21)24-14-16-7-3-2-4-8-16/h2-13H,14H2,1H3,(H2,21,23). The summed E-state index contributed by atoms with van der Waals surface area (Å²) < 4.78 is 0. The molecule has 0 radical (unpaired) electrons. The molecule has 0 heterocycles. The lowest BCUT2D eigenvalue weighted by Gasteiger charge is -2.05. The molecule has 0 aliphatic heterocycles. The molecule has 3 rings (SSSR count). The topological polar surface area (TPSA) is 50.7 Å². The summed E-state index contributed by atoms with van der Waals surface area (Å²) in [6.07, 6.45) is 1.79. The molecule has 0 saturated carbocycles. The van der Waals surface area contributed by atoms with Crippen LogP contribution in [0.25, 0.3) is 10.8 Å². The number of nitrogens with zero attached hydrogens (tertiary/aromatic N) is 2. The van der Waals surface area contributed by atoms with Crippen molar-refractivity contribution in [1.29, 1.82) is 0 Å². The maximum atomic E-state index is 5.94. The number of rotatable bonds is 4. The summed E-state index contributed by atoms with van der Waals surface area (Å²) >= 11 is 1.49. The van der Waals surface area contributed by atoms with Crippen molar-refractivity contribution in [2.45, 2.75) is 12.7 Å². The van der Waals surface area contributed by atoms with Crippen LogP contribution in [0.4, 0.5) is 0 Å². The van der Waals surface area contributed by atoms with Gasteiger partial charge in [-0.1, -0.05) is 78.5 Å². The van der Waals surface area contributed by atoms with Gasteiger partial charge in [-0.25, -0.2) is 0 Å². The zero-order chi connectivity index (χ0) is 16.8. The van der Waals surface area contributed by atoms with Crippen molar-refractivity contribution in [2.75, 3.05) is 0 Å². The predicted octanol–water partition coefficient (Wildman–Crippen LogP) is 4.73. The van der Waals surface area contributed by atoms with Crippen LogP contribution in [-0.2, 0) is 5.75 Å². The Balaban J connectivity index is 1.73. The molecule has 0 amide bonds. The lowest BCUT2D eigenvalue weighted by atomic mass is 10.0. The average Bonchev–Trinajstić information content (AvgIpc) is 2.63. The van der Waals surface area contributed by atoms with Crippen LogP contribution in [0.5, 0.6) is 0 Å². The van der Waals surface area contributed by atoms with Gasteiger partial charge in [0.2, 0.25) is 0 Å². The number of benzene rings is 3. The van der Waals surface area contributed by atoms with E-state index in [4.69, 9.17) is 5.73 Å².